The zero-order valence-corrected chi connectivity index (χ0v) is 25.1. The van der Waals surface area contributed by atoms with Gasteiger partial charge in [-0.3, -0.25) is 4.90 Å². The molecule has 0 aromatic carbocycles. The predicted molar refractivity (Wildman–Crippen MR) is 165 cm³/mol. The summed E-state index contributed by atoms with van der Waals surface area (Å²) in [6, 6.07) is 13.4. The molecule has 222 valence electrons. The fourth-order valence-electron chi connectivity index (χ4n) is 6.65. The first-order chi connectivity index (χ1) is 21.1. The molecule has 4 aromatic heterocycles. The molecule has 2 atom stereocenters. The molecule has 0 spiro atoms. The zero-order valence-electron chi connectivity index (χ0n) is 24.3. The van der Waals surface area contributed by atoms with Crippen LogP contribution in [0, 0.1) is 17.2 Å². The minimum Gasteiger partial charge on any atom is -0.616 e. The molecule has 0 N–H and O–H groups in total. The van der Waals surface area contributed by atoms with Crippen LogP contribution >= 0.6 is 0 Å². The van der Waals surface area contributed by atoms with Crippen LogP contribution in [0.25, 0.3) is 16.6 Å². The molecule has 0 saturated carbocycles. The van der Waals surface area contributed by atoms with Gasteiger partial charge in [0, 0.05) is 61.3 Å². The van der Waals surface area contributed by atoms with Gasteiger partial charge in [0.05, 0.1) is 37.2 Å². The van der Waals surface area contributed by atoms with E-state index < -0.39 is 11.2 Å². The van der Waals surface area contributed by atoms with Crippen LogP contribution in [0.2, 0.25) is 0 Å². The molecule has 8 heterocycles. The third-order valence-corrected chi connectivity index (χ3v) is 10.5. The standard InChI is InChI=1S/C32H35N7O3S/c1-41-31-5-2-23(15-35-31)18-38-26-12-27(38)20-37(19-26)30-4-3-24(16-34-30)29-13-28(21-39-32(29)25(14-33)17-36-39)42-9-6-22-7-10-43(40)11-8-22/h2-5,13,15-17,21-22,26-27H,6-12,18-20H2,1H3. The average molecular weight is 598 g/mol. The van der Waals surface area contributed by atoms with E-state index in [9.17, 15) is 9.81 Å². The normalized spacial score (nSPS) is 23.5. The highest BCUT2D eigenvalue weighted by Crippen LogP contribution is 2.37. The summed E-state index contributed by atoms with van der Waals surface area (Å²) >= 11 is -0.651. The highest BCUT2D eigenvalue weighted by atomic mass is 32.2. The van der Waals surface area contributed by atoms with Gasteiger partial charge in [-0.1, -0.05) is 17.2 Å². The van der Waals surface area contributed by atoms with E-state index in [4.69, 9.17) is 14.5 Å². The second-order valence-corrected chi connectivity index (χ2v) is 13.4. The number of fused-ring (bicyclic) bond motifs is 3. The van der Waals surface area contributed by atoms with Crippen LogP contribution in [0.15, 0.2) is 55.1 Å². The van der Waals surface area contributed by atoms with E-state index in [-0.39, 0.29) is 0 Å². The van der Waals surface area contributed by atoms with E-state index in [2.05, 4.69) is 44.2 Å². The zero-order chi connectivity index (χ0) is 29.3. The first-order valence-corrected chi connectivity index (χ1v) is 16.4. The molecule has 11 heteroatoms. The van der Waals surface area contributed by atoms with Crippen LogP contribution in [0.4, 0.5) is 5.82 Å². The van der Waals surface area contributed by atoms with Gasteiger partial charge >= 0.3 is 0 Å². The van der Waals surface area contributed by atoms with E-state index in [1.807, 2.05) is 30.7 Å². The third kappa shape index (κ3) is 5.75. The van der Waals surface area contributed by atoms with Crippen molar-refractivity contribution in [2.45, 2.75) is 44.3 Å². The molecule has 8 rings (SSSR count). The van der Waals surface area contributed by atoms with Crippen molar-refractivity contribution in [2.75, 3.05) is 43.2 Å². The van der Waals surface area contributed by atoms with Crippen LogP contribution < -0.4 is 14.4 Å². The molecule has 2 unspecified atom stereocenters. The number of rotatable bonds is 9. The molecule has 4 aliphatic rings. The summed E-state index contributed by atoms with van der Waals surface area (Å²) in [5, 5.41) is 14.2. The SMILES string of the molecule is COc1ccc(CN2C3CC2CN(c2ccc(-c4cc(OCCC5CC[S+]([O-])CC5)cn5ncc(C#N)c45)cn2)C3)cn1. The Labute approximate surface area is 254 Å². The fourth-order valence-corrected chi connectivity index (χ4v) is 8.05. The molecule has 4 saturated heterocycles. The molecule has 10 nitrogen and oxygen atoms in total. The summed E-state index contributed by atoms with van der Waals surface area (Å²) in [5.74, 6) is 4.47. The lowest BCUT2D eigenvalue weighted by Gasteiger charge is -2.56. The lowest BCUT2D eigenvalue weighted by Crippen LogP contribution is -2.68. The number of aromatic nitrogens is 4. The molecular weight excluding hydrogens is 562 g/mol. The van der Waals surface area contributed by atoms with Gasteiger partial charge in [-0.25, -0.2) is 14.5 Å². The molecule has 4 aliphatic heterocycles. The van der Waals surface area contributed by atoms with Crippen molar-refractivity contribution >= 4 is 22.5 Å². The van der Waals surface area contributed by atoms with Gasteiger partial charge < -0.3 is 18.9 Å². The number of ether oxygens (including phenoxy) is 2. The van der Waals surface area contributed by atoms with Gasteiger partial charge in [-0.15, -0.1) is 0 Å². The fraction of sp³-hybridized carbons (Fsp3) is 0.438. The highest BCUT2D eigenvalue weighted by molar-refractivity contribution is 7.91. The Morgan fingerprint density at radius 3 is 2.60 bits per heavy atom. The first kappa shape index (κ1) is 28.0. The summed E-state index contributed by atoms with van der Waals surface area (Å²) in [5.41, 5.74) is 4.26. The number of hydrogen-bond donors (Lipinski definition) is 0. The van der Waals surface area contributed by atoms with Gasteiger partial charge in [0.25, 0.3) is 0 Å². The van der Waals surface area contributed by atoms with Crippen LogP contribution in [-0.2, 0) is 17.7 Å². The van der Waals surface area contributed by atoms with Crippen LogP contribution in [0.1, 0.15) is 36.8 Å². The number of pyridine rings is 3. The number of anilines is 1. The average Bonchev–Trinajstić information content (AvgIpc) is 3.48. The van der Waals surface area contributed by atoms with Crippen molar-refractivity contribution in [1.29, 1.82) is 5.26 Å². The van der Waals surface area contributed by atoms with Gasteiger partial charge in [-0.2, -0.15) is 10.4 Å². The Bertz CT molecular complexity index is 1600. The van der Waals surface area contributed by atoms with Crippen LogP contribution in [-0.4, -0.2) is 79.4 Å². The summed E-state index contributed by atoms with van der Waals surface area (Å²) in [6.45, 7) is 3.38. The lowest BCUT2D eigenvalue weighted by atomic mass is 9.87. The predicted octanol–water partition coefficient (Wildman–Crippen LogP) is 4.06. The largest absolute Gasteiger partial charge is 0.616 e. The summed E-state index contributed by atoms with van der Waals surface area (Å²) < 4.78 is 24.8. The van der Waals surface area contributed by atoms with Crippen molar-refractivity contribution in [1.82, 2.24) is 24.5 Å². The Balaban J connectivity index is 1.04. The summed E-state index contributed by atoms with van der Waals surface area (Å²) in [7, 11) is 1.64. The topological polar surface area (TPSA) is 115 Å². The third-order valence-electron chi connectivity index (χ3n) is 9.11. The van der Waals surface area contributed by atoms with E-state index in [1.54, 1.807) is 17.8 Å². The van der Waals surface area contributed by atoms with Gasteiger partial charge in [0.2, 0.25) is 5.88 Å². The number of piperidine rings is 1. The molecule has 43 heavy (non-hydrogen) atoms. The number of methoxy groups -OCH3 is 1. The van der Waals surface area contributed by atoms with Gasteiger partial charge in [0.1, 0.15) is 29.1 Å². The molecule has 4 fully saturated rings. The quantitative estimate of drug-likeness (QED) is 0.264. The van der Waals surface area contributed by atoms with E-state index in [0.29, 0.717) is 41.8 Å². The van der Waals surface area contributed by atoms with Crippen LogP contribution in [0.3, 0.4) is 0 Å². The van der Waals surface area contributed by atoms with Crippen molar-refractivity contribution in [3.8, 4) is 28.8 Å². The molecule has 4 aromatic rings. The number of nitrogens with zero attached hydrogens (tertiary/aromatic N) is 7. The van der Waals surface area contributed by atoms with Crippen molar-refractivity contribution in [2.24, 2.45) is 5.92 Å². The van der Waals surface area contributed by atoms with Gasteiger partial charge in [-0.05, 0) is 55.4 Å². The second-order valence-electron chi connectivity index (χ2n) is 11.7. The second kappa shape index (κ2) is 12.0. The van der Waals surface area contributed by atoms with E-state index >= 15 is 0 Å². The smallest absolute Gasteiger partial charge is 0.212 e. The lowest BCUT2D eigenvalue weighted by molar-refractivity contribution is -0.00876. The minimum absolute atomic E-state index is 0.497. The maximum atomic E-state index is 11.7. The Morgan fingerprint density at radius 2 is 1.91 bits per heavy atom. The van der Waals surface area contributed by atoms with Crippen molar-refractivity contribution in [3.05, 3.63) is 66.2 Å². The molecule has 0 radical (unpaired) electrons. The van der Waals surface area contributed by atoms with Crippen molar-refractivity contribution < 1.29 is 14.0 Å². The Morgan fingerprint density at radius 1 is 1.07 bits per heavy atom. The van der Waals surface area contributed by atoms with Crippen molar-refractivity contribution in [3.63, 3.8) is 0 Å². The molecule has 0 amide bonds. The maximum Gasteiger partial charge on any atom is 0.212 e. The van der Waals surface area contributed by atoms with Gasteiger partial charge in [0.15, 0.2) is 0 Å². The van der Waals surface area contributed by atoms with E-state index in [0.717, 1.165) is 72.9 Å². The molecular formula is C32H35N7O3S. The number of nitriles is 1. The summed E-state index contributed by atoms with van der Waals surface area (Å²) in [6.07, 6.45) is 11.4. The highest BCUT2D eigenvalue weighted by Gasteiger charge is 2.44. The number of piperazine rings is 1. The first-order valence-electron chi connectivity index (χ1n) is 14.9. The maximum absolute atomic E-state index is 11.7. The minimum atomic E-state index is -0.651. The Hall–Kier alpha value is -3.85. The molecule has 0 aliphatic carbocycles. The van der Waals surface area contributed by atoms with E-state index in [1.165, 1.54) is 12.0 Å². The summed E-state index contributed by atoms with van der Waals surface area (Å²) in [4.78, 5) is 14.2. The molecule has 2 bridgehead atoms. The Kier molecular flexibility index (Phi) is 7.82. The van der Waals surface area contributed by atoms with Crippen LogP contribution in [0.5, 0.6) is 11.6 Å². The number of hydrogen-bond acceptors (Lipinski definition) is 9. The monoisotopic (exact) mass is 597 g/mol.